The molecule has 0 aromatic rings. The predicted octanol–water partition coefficient (Wildman–Crippen LogP) is -2.49. The van der Waals surface area contributed by atoms with Crippen molar-refractivity contribution in [2.45, 2.75) is 242 Å². The van der Waals surface area contributed by atoms with E-state index in [1.807, 2.05) is 6.92 Å². The van der Waals surface area contributed by atoms with Crippen LogP contribution in [0.2, 0.25) is 0 Å². The van der Waals surface area contributed by atoms with Gasteiger partial charge in [0.15, 0.2) is 25.2 Å². The van der Waals surface area contributed by atoms with Gasteiger partial charge in [0, 0.05) is 11.0 Å². The lowest BCUT2D eigenvalue weighted by atomic mass is 9.33. The normalized spacial score (nSPS) is 52.7. The SMILES string of the molecule is C/C=C(\C)C(=O)O[C@H]1CC(C)(C)C[C@H]2C3=CC[C@@H]4[C@@]5(C)CC[C@H](O[C@@H]6O[C@H](CO)[C@@H](O)[C@H](O[C@@H]7OC[C@H](O)[C@H](O)[C@H]7O[C@@H]7O[C@H](CO)[C@@H](O)[C@H](O)[C@H]7O)[C@H]6O[C@@H]6O[C@H](CO)[C@H](O)[C@H](O)[C@H]6O)[C@@](C)(CO)[C@@H]5CC[C@@]4(C)[C@]3(C)C[C@@H](O)[C@@]12CO. The van der Waals surface area contributed by atoms with Crippen molar-refractivity contribution < 1.29 is 124 Å². The number of aliphatic hydroxyl groups excluding tert-OH is 15. The van der Waals surface area contributed by atoms with Crippen LogP contribution < -0.4 is 0 Å². The molecule has 476 valence electrons. The van der Waals surface area contributed by atoms with Crippen molar-refractivity contribution in [2.24, 2.45) is 50.2 Å². The molecule has 5 aliphatic carbocycles. The first-order valence-corrected chi connectivity index (χ1v) is 29.6. The maximum Gasteiger partial charge on any atom is 0.333 e. The summed E-state index contributed by atoms with van der Waals surface area (Å²) in [4.78, 5) is 13.4. The number of fused-ring (bicyclic) bond motifs is 7. The maximum atomic E-state index is 13.4. The molecule has 15 N–H and O–H groups in total. The molecule has 0 aromatic heterocycles. The second-order valence-corrected chi connectivity index (χ2v) is 27.3. The van der Waals surface area contributed by atoms with E-state index >= 15 is 0 Å². The summed E-state index contributed by atoms with van der Waals surface area (Å²) in [6, 6.07) is 0. The molecular weight excluding hydrogens is 1100 g/mol. The number of hydrogen-bond donors (Lipinski definition) is 15. The third-order valence-electron chi connectivity index (χ3n) is 22.3. The van der Waals surface area contributed by atoms with Crippen LogP contribution in [0.4, 0.5) is 0 Å². The van der Waals surface area contributed by atoms with Crippen LogP contribution in [0.25, 0.3) is 0 Å². The van der Waals surface area contributed by atoms with Gasteiger partial charge in [-0.25, -0.2) is 4.79 Å². The number of carbonyl (C=O) groups excluding carboxylic acids is 1. The summed E-state index contributed by atoms with van der Waals surface area (Å²) in [5, 5.41) is 166. The van der Waals surface area contributed by atoms with Crippen LogP contribution in [0.15, 0.2) is 23.3 Å². The molecule has 9 rings (SSSR count). The average Bonchev–Trinajstić information content (AvgIpc) is 0.863. The highest BCUT2D eigenvalue weighted by molar-refractivity contribution is 5.87. The summed E-state index contributed by atoms with van der Waals surface area (Å²) in [6.45, 7) is 12.5. The Morgan fingerprint density at radius 1 is 0.602 bits per heavy atom. The van der Waals surface area contributed by atoms with E-state index in [-0.39, 0.29) is 29.8 Å². The molecular formula is C58H94O25. The number of hydrogen-bond acceptors (Lipinski definition) is 25. The molecule has 4 saturated heterocycles. The Hall–Kier alpha value is -1.97. The summed E-state index contributed by atoms with van der Waals surface area (Å²) in [5.41, 5.74) is -2.41. The Balaban J connectivity index is 1.03. The quantitative estimate of drug-likeness (QED) is 0.0349. The molecule has 8 fully saturated rings. The first-order chi connectivity index (χ1) is 39.0. The fourth-order valence-electron chi connectivity index (χ4n) is 17.1. The second kappa shape index (κ2) is 24.4. The monoisotopic (exact) mass is 1190 g/mol. The van der Waals surface area contributed by atoms with Crippen molar-refractivity contribution in [3.05, 3.63) is 23.3 Å². The topological polar surface area (TPSA) is 404 Å². The third kappa shape index (κ3) is 10.8. The Morgan fingerprint density at radius 3 is 1.73 bits per heavy atom. The van der Waals surface area contributed by atoms with Crippen LogP contribution in [0, 0.1) is 50.2 Å². The molecule has 0 unspecified atom stereocenters. The number of carbonyl (C=O) groups is 1. The fourth-order valence-corrected chi connectivity index (χ4v) is 17.1. The smallest absolute Gasteiger partial charge is 0.333 e. The molecule has 4 saturated carbocycles. The number of rotatable bonds is 15. The van der Waals surface area contributed by atoms with E-state index in [0.29, 0.717) is 56.9 Å². The Morgan fingerprint density at radius 2 is 1.17 bits per heavy atom. The van der Waals surface area contributed by atoms with Gasteiger partial charge in [0.1, 0.15) is 97.7 Å². The van der Waals surface area contributed by atoms with Gasteiger partial charge in [-0.3, -0.25) is 0 Å². The van der Waals surface area contributed by atoms with Gasteiger partial charge in [-0.15, -0.1) is 0 Å². The molecule has 4 aliphatic heterocycles. The first kappa shape index (κ1) is 65.5. The Bertz CT molecular complexity index is 2320. The Labute approximate surface area is 483 Å². The van der Waals surface area contributed by atoms with E-state index in [1.54, 1.807) is 19.9 Å². The highest BCUT2D eigenvalue weighted by atomic mass is 16.8. The van der Waals surface area contributed by atoms with E-state index in [4.69, 9.17) is 42.6 Å². The molecule has 30 atom stereocenters. The van der Waals surface area contributed by atoms with Gasteiger partial charge < -0.3 is 119 Å². The molecule has 0 bridgehead atoms. The molecule has 9 aliphatic rings. The van der Waals surface area contributed by atoms with Crippen molar-refractivity contribution in [3.8, 4) is 0 Å². The van der Waals surface area contributed by atoms with Gasteiger partial charge >= 0.3 is 5.97 Å². The summed E-state index contributed by atoms with van der Waals surface area (Å²) in [7, 11) is 0. The zero-order valence-electron chi connectivity index (χ0n) is 48.8. The van der Waals surface area contributed by atoms with Crippen LogP contribution in [0.5, 0.6) is 0 Å². The highest BCUT2D eigenvalue weighted by Gasteiger charge is 2.72. The molecule has 0 aromatic carbocycles. The van der Waals surface area contributed by atoms with Gasteiger partial charge in [-0.2, -0.15) is 0 Å². The number of allylic oxidation sites excluding steroid dienone is 3. The van der Waals surface area contributed by atoms with Gasteiger partial charge in [0.2, 0.25) is 0 Å². The van der Waals surface area contributed by atoms with Gasteiger partial charge in [0.05, 0.1) is 57.3 Å². The van der Waals surface area contributed by atoms with Crippen molar-refractivity contribution in [1.29, 1.82) is 0 Å². The summed E-state index contributed by atoms with van der Waals surface area (Å²) >= 11 is 0. The second-order valence-electron chi connectivity index (χ2n) is 27.3. The van der Waals surface area contributed by atoms with Gasteiger partial charge in [-0.05, 0) is 105 Å². The zero-order chi connectivity index (χ0) is 60.8. The van der Waals surface area contributed by atoms with E-state index in [9.17, 15) is 81.4 Å². The van der Waals surface area contributed by atoms with E-state index < -0.39 is 201 Å². The number of ether oxygens (including phenoxy) is 9. The highest BCUT2D eigenvalue weighted by Crippen LogP contribution is 2.76. The lowest BCUT2D eigenvalue weighted by Gasteiger charge is -2.72. The predicted molar refractivity (Wildman–Crippen MR) is 284 cm³/mol. The van der Waals surface area contributed by atoms with Crippen LogP contribution in [0.1, 0.15) is 107 Å². The van der Waals surface area contributed by atoms with Crippen molar-refractivity contribution in [1.82, 2.24) is 0 Å². The molecule has 0 radical (unpaired) electrons. The van der Waals surface area contributed by atoms with Crippen LogP contribution in [0.3, 0.4) is 0 Å². The van der Waals surface area contributed by atoms with Crippen LogP contribution in [-0.2, 0) is 47.4 Å². The molecule has 0 amide bonds. The minimum atomic E-state index is -2.02. The largest absolute Gasteiger partial charge is 0.458 e. The number of aliphatic hydroxyl groups is 15. The van der Waals surface area contributed by atoms with Crippen molar-refractivity contribution in [2.75, 3.05) is 39.6 Å². The Kier molecular flexibility index (Phi) is 19.3. The number of esters is 1. The van der Waals surface area contributed by atoms with Crippen LogP contribution in [-0.4, -0.2) is 257 Å². The third-order valence-corrected chi connectivity index (χ3v) is 22.3. The fraction of sp³-hybridized carbons (Fsp3) is 0.914. The minimum Gasteiger partial charge on any atom is -0.458 e. The summed E-state index contributed by atoms with van der Waals surface area (Å²) in [6.07, 6.45) is -28.8. The standard InChI is InChI=1S/C58H94O25/c1-9-25(2)48(74)79-36-18-53(3,4)16-27-26-10-11-33-54(5)14-13-35(55(6,23-62)32(54)12-15-56(33,7)57(26,8)17-34(65)58(27,36)24-63)80-52-47(83-50-44(73)42(71)39(68)30(20-60)77-50)45(40(69)31(21-61)78-52)81-51-46(37(66)28(64)22-75-51)82-49-43(72)41(70)38(67)29(19-59)76-49/h9-10,27-47,49-52,59-73H,11-24H2,1-8H3/b25-9+/t27-,28-,29+,30+,31+,32+,33+,34+,35-,36-,37-,38+,39-,40+,41-,42-,43+,44+,45-,46+,47+,49-,50-,51-,52-,54-,55-,56+,57+,58-/m0/s1. The molecule has 4 heterocycles. The lowest BCUT2D eigenvalue weighted by Crippen LogP contribution is -2.70. The molecule has 25 nitrogen and oxygen atoms in total. The van der Waals surface area contributed by atoms with E-state index in [1.165, 1.54) is 0 Å². The van der Waals surface area contributed by atoms with Crippen molar-refractivity contribution >= 4 is 5.97 Å². The summed E-state index contributed by atoms with van der Waals surface area (Å²) < 4.78 is 55.5. The average molecular weight is 1190 g/mol. The minimum absolute atomic E-state index is 0.00637. The van der Waals surface area contributed by atoms with Crippen LogP contribution >= 0.6 is 0 Å². The maximum absolute atomic E-state index is 13.4. The van der Waals surface area contributed by atoms with E-state index in [2.05, 4.69) is 40.7 Å². The molecule has 25 heteroatoms. The van der Waals surface area contributed by atoms with E-state index in [0.717, 1.165) is 5.57 Å². The van der Waals surface area contributed by atoms with Gasteiger partial charge in [-0.1, -0.05) is 59.3 Å². The van der Waals surface area contributed by atoms with Crippen molar-refractivity contribution in [3.63, 3.8) is 0 Å². The molecule has 0 spiro atoms. The summed E-state index contributed by atoms with van der Waals surface area (Å²) in [5.74, 6) is -1.04. The zero-order valence-corrected chi connectivity index (χ0v) is 48.8. The van der Waals surface area contributed by atoms with Gasteiger partial charge in [0.25, 0.3) is 0 Å². The molecule has 83 heavy (non-hydrogen) atoms. The first-order valence-electron chi connectivity index (χ1n) is 29.6. The lowest BCUT2D eigenvalue weighted by molar-refractivity contribution is -0.404.